The summed E-state index contributed by atoms with van der Waals surface area (Å²) in [6, 6.07) is 2.89. The Morgan fingerprint density at radius 3 is 2.72 bits per heavy atom. The first kappa shape index (κ1) is 12.9. The molecule has 1 aliphatic rings. The molecular formula is C12H14F2N2O2. The Balaban J connectivity index is 1.89. The third-order valence-electron chi connectivity index (χ3n) is 2.56. The van der Waals surface area contributed by atoms with Crippen molar-refractivity contribution in [2.75, 3.05) is 25.0 Å². The summed E-state index contributed by atoms with van der Waals surface area (Å²) < 4.78 is 31.2. The summed E-state index contributed by atoms with van der Waals surface area (Å²) >= 11 is 0. The van der Waals surface area contributed by atoms with E-state index in [4.69, 9.17) is 4.74 Å². The fourth-order valence-electron chi connectivity index (χ4n) is 1.80. The van der Waals surface area contributed by atoms with Gasteiger partial charge in [-0.1, -0.05) is 0 Å². The summed E-state index contributed by atoms with van der Waals surface area (Å²) in [4.78, 5) is 11.6. The van der Waals surface area contributed by atoms with E-state index in [0.29, 0.717) is 13.2 Å². The van der Waals surface area contributed by atoms with E-state index in [9.17, 15) is 13.6 Å². The molecule has 98 valence electrons. The minimum atomic E-state index is -0.721. The molecule has 0 bridgehead atoms. The van der Waals surface area contributed by atoms with E-state index < -0.39 is 11.6 Å². The van der Waals surface area contributed by atoms with Crippen LogP contribution in [0.1, 0.15) is 6.42 Å². The number of rotatable bonds is 3. The van der Waals surface area contributed by atoms with Crippen molar-refractivity contribution in [3.63, 3.8) is 0 Å². The Morgan fingerprint density at radius 1 is 1.39 bits per heavy atom. The van der Waals surface area contributed by atoms with E-state index in [2.05, 4.69) is 10.6 Å². The van der Waals surface area contributed by atoms with Gasteiger partial charge in [-0.2, -0.15) is 0 Å². The SMILES string of the molecule is O=C(CC1CNCCO1)Nc1cc(F)cc(F)c1. The molecule has 1 atom stereocenters. The van der Waals surface area contributed by atoms with Gasteiger partial charge in [-0.3, -0.25) is 4.79 Å². The molecule has 1 aromatic carbocycles. The minimum Gasteiger partial charge on any atom is -0.375 e. The molecule has 1 saturated heterocycles. The minimum absolute atomic E-state index is 0.112. The number of hydrogen-bond donors (Lipinski definition) is 2. The Bertz CT molecular complexity index is 414. The van der Waals surface area contributed by atoms with Crippen LogP contribution in [-0.2, 0) is 9.53 Å². The molecule has 1 unspecified atom stereocenters. The number of morpholine rings is 1. The van der Waals surface area contributed by atoms with Crippen molar-refractivity contribution in [3.05, 3.63) is 29.8 Å². The third-order valence-corrected chi connectivity index (χ3v) is 2.56. The van der Waals surface area contributed by atoms with Gasteiger partial charge in [0.15, 0.2) is 0 Å². The van der Waals surface area contributed by atoms with E-state index in [1.807, 2.05) is 0 Å². The molecule has 1 aromatic rings. The largest absolute Gasteiger partial charge is 0.375 e. The molecule has 0 saturated carbocycles. The molecule has 0 spiro atoms. The van der Waals surface area contributed by atoms with Crippen LogP contribution < -0.4 is 10.6 Å². The number of carbonyl (C=O) groups is 1. The van der Waals surface area contributed by atoms with E-state index in [1.165, 1.54) is 0 Å². The van der Waals surface area contributed by atoms with Crippen molar-refractivity contribution >= 4 is 11.6 Å². The summed E-state index contributed by atoms with van der Waals surface area (Å²) in [5.41, 5.74) is 0.112. The number of hydrogen-bond acceptors (Lipinski definition) is 3. The summed E-state index contributed by atoms with van der Waals surface area (Å²) in [5, 5.41) is 5.54. The smallest absolute Gasteiger partial charge is 0.227 e. The van der Waals surface area contributed by atoms with Gasteiger partial charge in [0.05, 0.1) is 19.1 Å². The molecule has 2 N–H and O–H groups in total. The average Bonchev–Trinajstić information content (AvgIpc) is 2.28. The van der Waals surface area contributed by atoms with Crippen molar-refractivity contribution in [2.24, 2.45) is 0 Å². The number of halogens is 2. The van der Waals surface area contributed by atoms with Crippen molar-refractivity contribution in [1.29, 1.82) is 0 Å². The van der Waals surface area contributed by atoms with Crippen LogP contribution in [-0.4, -0.2) is 31.7 Å². The first-order valence-corrected chi connectivity index (χ1v) is 5.72. The topological polar surface area (TPSA) is 50.4 Å². The van der Waals surface area contributed by atoms with Crippen LogP contribution in [0.5, 0.6) is 0 Å². The van der Waals surface area contributed by atoms with Gasteiger partial charge in [0.2, 0.25) is 5.91 Å². The Labute approximate surface area is 103 Å². The first-order valence-electron chi connectivity index (χ1n) is 5.72. The van der Waals surface area contributed by atoms with Crippen molar-refractivity contribution in [3.8, 4) is 0 Å². The maximum Gasteiger partial charge on any atom is 0.227 e. The molecule has 1 heterocycles. The van der Waals surface area contributed by atoms with E-state index in [1.54, 1.807) is 0 Å². The average molecular weight is 256 g/mol. The highest BCUT2D eigenvalue weighted by Crippen LogP contribution is 2.13. The normalized spacial score (nSPS) is 19.6. The quantitative estimate of drug-likeness (QED) is 0.856. The summed E-state index contributed by atoms with van der Waals surface area (Å²) in [6.07, 6.45) is -0.0392. The van der Waals surface area contributed by atoms with Gasteiger partial charge >= 0.3 is 0 Å². The summed E-state index contributed by atoms with van der Waals surface area (Å²) in [5.74, 6) is -1.77. The molecule has 18 heavy (non-hydrogen) atoms. The monoisotopic (exact) mass is 256 g/mol. The van der Waals surface area contributed by atoms with Gasteiger partial charge in [0, 0.05) is 24.8 Å². The molecule has 1 aliphatic heterocycles. The molecule has 0 aliphatic carbocycles. The van der Waals surface area contributed by atoms with E-state index >= 15 is 0 Å². The maximum atomic E-state index is 12.9. The van der Waals surface area contributed by atoms with Crippen LogP contribution in [0, 0.1) is 11.6 Å². The number of carbonyl (C=O) groups excluding carboxylic acids is 1. The lowest BCUT2D eigenvalue weighted by Crippen LogP contribution is -2.40. The molecule has 1 fully saturated rings. The van der Waals surface area contributed by atoms with Crippen molar-refractivity contribution in [2.45, 2.75) is 12.5 Å². The number of anilines is 1. The van der Waals surface area contributed by atoms with Crippen LogP contribution in [0.4, 0.5) is 14.5 Å². The fraction of sp³-hybridized carbons (Fsp3) is 0.417. The number of benzene rings is 1. The van der Waals surface area contributed by atoms with Gasteiger partial charge in [0.1, 0.15) is 11.6 Å². The van der Waals surface area contributed by atoms with Crippen molar-refractivity contribution in [1.82, 2.24) is 5.32 Å². The van der Waals surface area contributed by atoms with Crippen LogP contribution >= 0.6 is 0 Å². The van der Waals surface area contributed by atoms with Crippen LogP contribution in [0.2, 0.25) is 0 Å². The molecule has 1 amide bonds. The highest BCUT2D eigenvalue weighted by Gasteiger charge is 2.17. The lowest BCUT2D eigenvalue weighted by Gasteiger charge is -2.23. The second-order valence-electron chi connectivity index (χ2n) is 4.11. The number of nitrogens with one attached hydrogen (secondary N) is 2. The van der Waals surface area contributed by atoms with E-state index in [0.717, 1.165) is 24.7 Å². The predicted octanol–water partition coefficient (Wildman–Crippen LogP) is 1.28. The number of amides is 1. The molecule has 6 heteroatoms. The second kappa shape index (κ2) is 5.88. The van der Waals surface area contributed by atoms with Gasteiger partial charge in [-0.25, -0.2) is 8.78 Å². The lowest BCUT2D eigenvalue weighted by molar-refractivity contribution is -0.119. The highest BCUT2D eigenvalue weighted by molar-refractivity contribution is 5.91. The predicted molar refractivity (Wildman–Crippen MR) is 62.2 cm³/mol. The summed E-state index contributed by atoms with van der Waals surface area (Å²) in [7, 11) is 0. The lowest BCUT2D eigenvalue weighted by atomic mass is 10.2. The van der Waals surface area contributed by atoms with Gasteiger partial charge < -0.3 is 15.4 Å². The van der Waals surface area contributed by atoms with Crippen LogP contribution in [0.25, 0.3) is 0 Å². The zero-order valence-corrected chi connectivity index (χ0v) is 9.71. The standard InChI is InChI=1S/C12H14F2N2O2/c13-8-3-9(14)5-10(4-8)16-12(17)6-11-7-15-1-2-18-11/h3-5,11,15H,1-2,6-7H2,(H,16,17). The van der Waals surface area contributed by atoms with Crippen molar-refractivity contribution < 1.29 is 18.3 Å². The zero-order valence-electron chi connectivity index (χ0n) is 9.71. The Kier molecular flexibility index (Phi) is 4.22. The fourth-order valence-corrected chi connectivity index (χ4v) is 1.80. The second-order valence-corrected chi connectivity index (χ2v) is 4.11. The van der Waals surface area contributed by atoms with Gasteiger partial charge in [-0.05, 0) is 12.1 Å². The number of ether oxygens (including phenoxy) is 1. The Hall–Kier alpha value is -1.53. The molecule has 0 aromatic heterocycles. The summed E-state index contributed by atoms with van der Waals surface area (Å²) in [6.45, 7) is 1.94. The molecule has 2 rings (SSSR count). The van der Waals surface area contributed by atoms with Gasteiger partial charge in [0.25, 0.3) is 0 Å². The first-order chi connectivity index (χ1) is 8.63. The van der Waals surface area contributed by atoms with Crippen LogP contribution in [0.15, 0.2) is 18.2 Å². The Morgan fingerprint density at radius 2 is 2.11 bits per heavy atom. The molecular weight excluding hydrogens is 242 g/mol. The molecule has 4 nitrogen and oxygen atoms in total. The maximum absolute atomic E-state index is 12.9. The van der Waals surface area contributed by atoms with Gasteiger partial charge in [-0.15, -0.1) is 0 Å². The van der Waals surface area contributed by atoms with Crippen LogP contribution in [0.3, 0.4) is 0 Å². The van der Waals surface area contributed by atoms with E-state index in [-0.39, 0.29) is 24.1 Å². The molecule has 0 radical (unpaired) electrons. The highest BCUT2D eigenvalue weighted by atomic mass is 19.1. The zero-order chi connectivity index (χ0) is 13.0. The third kappa shape index (κ3) is 3.75.